The van der Waals surface area contributed by atoms with Crippen LogP contribution in [0.4, 0.5) is 4.39 Å². The van der Waals surface area contributed by atoms with Crippen molar-refractivity contribution in [1.29, 1.82) is 0 Å². The van der Waals surface area contributed by atoms with Gasteiger partial charge in [-0.15, -0.1) is 0 Å². The van der Waals surface area contributed by atoms with E-state index < -0.39 is 0 Å². The zero-order valence-corrected chi connectivity index (χ0v) is 18.0. The predicted octanol–water partition coefficient (Wildman–Crippen LogP) is 7.35. The van der Waals surface area contributed by atoms with Crippen molar-refractivity contribution >= 4 is 5.97 Å². The summed E-state index contributed by atoms with van der Waals surface area (Å²) in [5.41, 5.74) is 2.00. The van der Waals surface area contributed by atoms with Crippen LogP contribution in [0.15, 0.2) is 91.0 Å². The Morgan fingerprint density at radius 2 is 1.14 bits per heavy atom. The van der Waals surface area contributed by atoms with Crippen LogP contribution < -0.4 is 0 Å². The first kappa shape index (κ1) is 26.1. The van der Waals surface area contributed by atoms with E-state index in [1.165, 1.54) is 37.6 Å². The second-order valence-electron chi connectivity index (χ2n) is 5.99. The second kappa shape index (κ2) is 18.4. The maximum atomic E-state index is 11.9. The van der Waals surface area contributed by atoms with Gasteiger partial charge in [0.1, 0.15) is 5.82 Å². The SMILES string of the molecule is CCCC.CCc1ccccc1.COC(=O)c1ccccc1.Fc1ccccc1. The minimum absolute atomic E-state index is 0.178. The van der Waals surface area contributed by atoms with Crippen molar-refractivity contribution in [3.63, 3.8) is 0 Å². The average Bonchev–Trinajstić information content (AvgIpc) is 2.81. The number of rotatable bonds is 3. The van der Waals surface area contributed by atoms with Gasteiger partial charge in [0, 0.05) is 0 Å². The Morgan fingerprint density at radius 1 is 0.724 bits per heavy atom. The summed E-state index contributed by atoms with van der Waals surface area (Å²) in [5.74, 6) is -0.469. The number of carbonyl (C=O) groups excluding carboxylic acids is 1. The van der Waals surface area contributed by atoms with Crippen LogP contribution >= 0.6 is 0 Å². The van der Waals surface area contributed by atoms with Crippen LogP contribution in [-0.2, 0) is 11.2 Å². The van der Waals surface area contributed by atoms with Crippen LogP contribution in [0.3, 0.4) is 0 Å². The quantitative estimate of drug-likeness (QED) is 0.432. The van der Waals surface area contributed by atoms with Gasteiger partial charge in [-0.2, -0.15) is 0 Å². The van der Waals surface area contributed by atoms with E-state index in [-0.39, 0.29) is 11.8 Å². The van der Waals surface area contributed by atoms with Crippen LogP contribution in [-0.4, -0.2) is 13.1 Å². The molecule has 3 aromatic rings. The van der Waals surface area contributed by atoms with Gasteiger partial charge in [0.15, 0.2) is 0 Å². The van der Waals surface area contributed by atoms with Crippen molar-refractivity contribution in [3.05, 3.63) is 108 Å². The fourth-order valence-corrected chi connectivity index (χ4v) is 1.82. The molecule has 0 unspecified atom stereocenters. The lowest BCUT2D eigenvalue weighted by atomic mass is 10.2. The van der Waals surface area contributed by atoms with Gasteiger partial charge >= 0.3 is 5.97 Å². The number of hydrogen-bond donors (Lipinski definition) is 0. The molecular weight excluding hydrogens is 363 g/mol. The van der Waals surface area contributed by atoms with Gasteiger partial charge in [0.2, 0.25) is 0 Å². The predicted molar refractivity (Wildman–Crippen MR) is 121 cm³/mol. The normalized spacial score (nSPS) is 8.72. The second-order valence-corrected chi connectivity index (χ2v) is 5.99. The van der Waals surface area contributed by atoms with Gasteiger partial charge in [0.25, 0.3) is 0 Å². The Hall–Kier alpha value is -2.94. The fourth-order valence-electron chi connectivity index (χ4n) is 1.82. The molecule has 0 fully saturated rings. The lowest BCUT2D eigenvalue weighted by Gasteiger charge is -1.95. The smallest absolute Gasteiger partial charge is 0.337 e. The van der Waals surface area contributed by atoms with Crippen LogP contribution in [0.5, 0.6) is 0 Å². The average molecular weight is 397 g/mol. The molecule has 0 aromatic heterocycles. The van der Waals surface area contributed by atoms with Gasteiger partial charge in [-0.05, 0) is 36.2 Å². The highest BCUT2D eigenvalue weighted by molar-refractivity contribution is 5.89. The third kappa shape index (κ3) is 14.7. The van der Waals surface area contributed by atoms with Crippen molar-refractivity contribution < 1.29 is 13.9 Å². The molecule has 0 bridgehead atoms. The fraction of sp³-hybridized carbons (Fsp3) is 0.269. The Bertz CT molecular complexity index is 726. The number of esters is 1. The molecule has 0 aliphatic rings. The maximum absolute atomic E-state index is 11.9. The molecule has 0 aliphatic carbocycles. The summed E-state index contributed by atoms with van der Waals surface area (Å²) < 4.78 is 16.4. The summed E-state index contributed by atoms with van der Waals surface area (Å²) in [6.07, 6.45) is 3.78. The standard InChI is InChI=1S/C8H8O2.C8H10.C6H5F.C4H10/c1-10-8(9)7-5-3-2-4-6-7;1-2-8-6-4-3-5-7-8;7-6-4-2-1-3-5-6;1-3-4-2/h2-6H,1H3;3-7H,2H2,1H3;1-5H;3-4H2,1-2H3. The number of unbranched alkanes of at least 4 members (excludes halogenated alkanes) is 1. The van der Waals surface area contributed by atoms with Gasteiger partial charge in [-0.3, -0.25) is 0 Å². The van der Waals surface area contributed by atoms with Gasteiger partial charge in [-0.1, -0.05) is 100 Å². The van der Waals surface area contributed by atoms with Crippen molar-refractivity contribution in [2.45, 2.75) is 40.0 Å². The summed E-state index contributed by atoms with van der Waals surface area (Å²) in [5, 5.41) is 0. The Kier molecular flexibility index (Phi) is 16.6. The van der Waals surface area contributed by atoms with Crippen molar-refractivity contribution in [2.75, 3.05) is 7.11 Å². The Morgan fingerprint density at radius 3 is 1.41 bits per heavy atom. The van der Waals surface area contributed by atoms with Gasteiger partial charge < -0.3 is 4.74 Å². The van der Waals surface area contributed by atoms with Crippen LogP contribution in [0.2, 0.25) is 0 Å². The van der Waals surface area contributed by atoms with E-state index >= 15 is 0 Å². The van der Waals surface area contributed by atoms with E-state index in [4.69, 9.17) is 0 Å². The van der Waals surface area contributed by atoms with E-state index in [0.29, 0.717) is 5.56 Å². The van der Waals surface area contributed by atoms with E-state index in [0.717, 1.165) is 6.42 Å². The number of benzene rings is 3. The van der Waals surface area contributed by atoms with Crippen LogP contribution in [0.25, 0.3) is 0 Å². The molecule has 0 heterocycles. The lowest BCUT2D eigenvalue weighted by Crippen LogP contribution is -1.99. The molecular formula is C26H33FO2. The molecule has 0 amide bonds. The molecule has 156 valence electrons. The zero-order valence-electron chi connectivity index (χ0n) is 18.0. The van der Waals surface area contributed by atoms with Crippen LogP contribution in [0, 0.1) is 5.82 Å². The van der Waals surface area contributed by atoms with Crippen LogP contribution in [0.1, 0.15) is 49.5 Å². The van der Waals surface area contributed by atoms with E-state index in [2.05, 4.69) is 49.8 Å². The molecule has 3 heteroatoms. The molecule has 2 nitrogen and oxygen atoms in total. The lowest BCUT2D eigenvalue weighted by molar-refractivity contribution is 0.0600. The highest BCUT2D eigenvalue weighted by Gasteiger charge is 2.00. The summed E-state index contributed by atoms with van der Waals surface area (Å²) in [7, 11) is 1.37. The molecule has 0 saturated carbocycles. The third-order valence-corrected chi connectivity index (χ3v) is 3.68. The minimum Gasteiger partial charge on any atom is -0.465 e. The number of ether oxygens (including phenoxy) is 1. The number of halogens is 1. The maximum Gasteiger partial charge on any atom is 0.337 e. The summed E-state index contributed by atoms with van der Waals surface area (Å²) in [4.78, 5) is 10.8. The van der Waals surface area contributed by atoms with Crippen molar-refractivity contribution in [3.8, 4) is 0 Å². The summed E-state index contributed by atoms with van der Waals surface area (Å²) >= 11 is 0. The molecule has 3 rings (SSSR count). The molecule has 0 radical (unpaired) electrons. The molecule has 0 saturated heterocycles. The van der Waals surface area contributed by atoms with E-state index in [1.54, 1.807) is 42.5 Å². The topological polar surface area (TPSA) is 26.3 Å². The molecule has 29 heavy (non-hydrogen) atoms. The molecule has 0 N–H and O–H groups in total. The van der Waals surface area contributed by atoms with E-state index in [1.807, 2.05) is 12.1 Å². The van der Waals surface area contributed by atoms with Gasteiger partial charge in [0.05, 0.1) is 12.7 Å². The minimum atomic E-state index is -0.291. The molecule has 0 aliphatic heterocycles. The first-order valence-electron chi connectivity index (χ1n) is 9.96. The zero-order chi connectivity index (χ0) is 21.7. The highest BCUT2D eigenvalue weighted by Crippen LogP contribution is 1.99. The molecule has 0 atom stereocenters. The van der Waals surface area contributed by atoms with Crippen molar-refractivity contribution in [2.24, 2.45) is 0 Å². The number of aryl methyl sites for hydroxylation is 1. The third-order valence-electron chi connectivity index (χ3n) is 3.68. The van der Waals surface area contributed by atoms with Gasteiger partial charge in [-0.25, -0.2) is 9.18 Å². The first-order valence-corrected chi connectivity index (χ1v) is 9.96. The molecule has 0 spiro atoms. The van der Waals surface area contributed by atoms with Crippen molar-refractivity contribution in [1.82, 2.24) is 0 Å². The monoisotopic (exact) mass is 396 g/mol. The number of methoxy groups -OCH3 is 1. The number of carbonyl (C=O) groups is 1. The highest BCUT2D eigenvalue weighted by atomic mass is 19.1. The first-order chi connectivity index (χ1) is 14.1. The molecule has 3 aromatic carbocycles. The Balaban J connectivity index is 0.000000377. The number of hydrogen-bond acceptors (Lipinski definition) is 2. The van der Waals surface area contributed by atoms with E-state index in [9.17, 15) is 9.18 Å². The Labute approximate surface area is 175 Å². The summed E-state index contributed by atoms with van der Waals surface area (Å²) in [6.45, 7) is 6.52. The summed E-state index contributed by atoms with van der Waals surface area (Å²) in [6, 6.07) is 27.3. The largest absolute Gasteiger partial charge is 0.465 e.